The van der Waals surface area contributed by atoms with Gasteiger partial charge in [0.05, 0.1) is 11.4 Å². The minimum absolute atomic E-state index is 0.00971. The maximum Gasteiger partial charge on any atom is 0.261 e. The molecule has 1 aromatic heterocycles. The minimum Gasteiger partial charge on any atom is -0.486 e. The Morgan fingerprint density at radius 1 is 1.33 bits per heavy atom. The van der Waals surface area contributed by atoms with Gasteiger partial charge in [0.15, 0.2) is 11.5 Å². The molecule has 0 saturated heterocycles. The molecule has 1 aromatic carbocycles. The summed E-state index contributed by atoms with van der Waals surface area (Å²) in [4.78, 5) is 14.6. The zero-order chi connectivity index (χ0) is 16.5. The predicted octanol–water partition coefficient (Wildman–Crippen LogP) is 3.44. The summed E-state index contributed by atoms with van der Waals surface area (Å²) in [6.45, 7) is 3.18. The van der Waals surface area contributed by atoms with E-state index in [1.54, 1.807) is 11.3 Å². The first kappa shape index (κ1) is 15.5. The molecule has 2 aliphatic rings. The van der Waals surface area contributed by atoms with E-state index in [4.69, 9.17) is 9.47 Å². The molecule has 0 saturated carbocycles. The largest absolute Gasteiger partial charge is 0.486 e. The third-order valence-electron chi connectivity index (χ3n) is 4.61. The summed E-state index contributed by atoms with van der Waals surface area (Å²) in [6.07, 6.45) is 3.26. The molecule has 1 amide bonds. The molecule has 1 aliphatic heterocycles. The maximum atomic E-state index is 12.4. The fraction of sp³-hybridized carbons (Fsp3) is 0.421. The molecule has 1 aliphatic carbocycles. The summed E-state index contributed by atoms with van der Waals surface area (Å²) in [6, 6.07) is 9.68. The van der Waals surface area contributed by atoms with Crippen LogP contribution in [-0.4, -0.2) is 25.2 Å². The molecule has 0 spiro atoms. The van der Waals surface area contributed by atoms with Crippen molar-refractivity contribution in [2.45, 2.75) is 32.3 Å². The van der Waals surface area contributed by atoms with Crippen molar-refractivity contribution in [3.63, 3.8) is 0 Å². The van der Waals surface area contributed by atoms with Crippen LogP contribution in [0.15, 0.2) is 30.3 Å². The highest BCUT2D eigenvalue weighted by Crippen LogP contribution is 2.32. The number of para-hydroxylation sites is 2. The van der Waals surface area contributed by atoms with Crippen LogP contribution in [0.3, 0.4) is 0 Å². The highest BCUT2D eigenvalue weighted by atomic mass is 32.1. The summed E-state index contributed by atoms with van der Waals surface area (Å²) in [5.41, 5.74) is 1.36. The molecule has 24 heavy (non-hydrogen) atoms. The Labute approximate surface area is 145 Å². The normalized spacial score (nSPS) is 21.9. The quantitative estimate of drug-likeness (QED) is 0.929. The van der Waals surface area contributed by atoms with Crippen molar-refractivity contribution in [2.24, 2.45) is 5.92 Å². The van der Waals surface area contributed by atoms with Gasteiger partial charge in [-0.15, -0.1) is 11.3 Å². The number of nitrogens with one attached hydrogen (secondary N) is 1. The van der Waals surface area contributed by atoms with E-state index in [0.29, 0.717) is 13.2 Å². The van der Waals surface area contributed by atoms with Crippen molar-refractivity contribution in [1.29, 1.82) is 0 Å². The number of hydrogen-bond donors (Lipinski definition) is 1. The van der Waals surface area contributed by atoms with Gasteiger partial charge < -0.3 is 14.8 Å². The first-order valence-electron chi connectivity index (χ1n) is 8.47. The van der Waals surface area contributed by atoms with E-state index >= 15 is 0 Å². The van der Waals surface area contributed by atoms with Crippen LogP contribution < -0.4 is 14.8 Å². The minimum atomic E-state index is -0.154. The standard InChI is InChI=1S/C19H21NO3S/c1-12-6-7-17-13(8-12)9-18(24-17)19(21)20-10-14-11-22-15-4-2-3-5-16(15)23-14/h2-5,9,12,14H,6-8,10-11H2,1H3,(H,20,21)/t12-,14-/m1/s1. The number of rotatable bonds is 3. The summed E-state index contributed by atoms with van der Waals surface area (Å²) < 4.78 is 11.6. The lowest BCUT2D eigenvalue weighted by Crippen LogP contribution is -2.40. The molecule has 5 heteroatoms. The van der Waals surface area contributed by atoms with E-state index < -0.39 is 0 Å². The van der Waals surface area contributed by atoms with Crippen molar-refractivity contribution in [3.8, 4) is 11.5 Å². The van der Waals surface area contributed by atoms with Crippen LogP contribution in [0, 0.1) is 5.92 Å². The number of carbonyl (C=O) groups excluding carboxylic acids is 1. The molecule has 4 rings (SSSR count). The van der Waals surface area contributed by atoms with E-state index in [-0.39, 0.29) is 12.0 Å². The lowest BCUT2D eigenvalue weighted by atomic mass is 9.90. The average molecular weight is 343 g/mol. The zero-order valence-corrected chi connectivity index (χ0v) is 14.5. The Morgan fingerprint density at radius 3 is 3.04 bits per heavy atom. The highest BCUT2D eigenvalue weighted by Gasteiger charge is 2.23. The van der Waals surface area contributed by atoms with E-state index in [2.05, 4.69) is 18.3 Å². The van der Waals surface area contributed by atoms with Gasteiger partial charge in [-0.1, -0.05) is 19.1 Å². The van der Waals surface area contributed by atoms with Crippen LogP contribution in [0.5, 0.6) is 11.5 Å². The van der Waals surface area contributed by atoms with Gasteiger partial charge >= 0.3 is 0 Å². The third kappa shape index (κ3) is 3.13. The van der Waals surface area contributed by atoms with Crippen LogP contribution >= 0.6 is 11.3 Å². The topological polar surface area (TPSA) is 47.6 Å². The number of hydrogen-bond acceptors (Lipinski definition) is 4. The van der Waals surface area contributed by atoms with E-state index in [0.717, 1.165) is 35.1 Å². The second kappa shape index (κ2) is 6.48. The summed E-state index contributed by atoms with van der Waals surface area (Å²) in [5.74, 6) is 2.21. The maximum absolute atomic E-state index is 12.4. The van der Waals surface area contributed by atoms with Crippen molar-refractivity contribution >= 4 is 17.2 Å². The monoisotopic (exact) mass is 343 g/mol. The van der Waals surface area contributed by atoms with Gasteiger partial charge in [-0.2, -0.15) is 0 Å². The molecule has 2 aromatic rings. The number of amides is 1. The fourth-order valence-corrected chi connectivity index (χ4v) is 4.40. The number of carbonyl (C=O) groups is 1. The third-order valence-corrected chi connectivity index (χ3v) is 5.85. The summed E-state index contributed by atoms with van der Waals surface area (Å²) in [5, 5.41) is 2.99. The highest BCUT2D eigenvalue weighted by molar-refractivity contribution is 7.14. The Morgan fingerprint density at radius 2 is 2.17 bits per heavy atom. The molecule has 0 unspecified atom stereocenters. The second-order valence-corrected chi connectivity index (χ2v) is 7.75. The molecular weight excluding hydrogens is 322 g/mol. The van der Waals surface area contributed by atoms with Gasteiger partial charge in [-0.05, 0) is 48.9 Å². The van der Waals surface area contributed by atoms with Gasteiger partial charge in [0.25, 0.3) is 5.91 Å². The molecule has 4 nitrogen and oxygen atoms in total. The molecule has 126 valence electrons. The van der Waals surface area contributed by atoms with Crippen LogP contribution in [-0.2, 0) is 12.8 Å². The number of fused-ring (bicyclic) bond motifs is 2. The van der Waals surface area contributed by atoms with E-state index in [9.17, 15) is 4.79 Å². The molecule has 0 fully saturated rings. The Bertz CT molecular complexity index is 755. The molecule has 2 heterocycles. The average Bonchev–Trinajstić information content (AvgIpc) is 3.02. The van der Waals surface area contributed by atoms with Crippen molar-refractivity contribution in [3.05, 3.63) is 45.6 Å². The van der Waals surface area contributed by atoms with Crippen LogP contribution in [0.4, 0.5) is 0 Å². The molecule has 0 bridgehead atoms. The Hall–Kier alpha value is -2.01. The van der Waals surface area contributed by atoms with Gasteiger partial charge in [0, 0.05) is 4.88 Å². The number of thiophene rings is 1. The molecular formula is C19H21NO3S. The number of aryl methyl sites for hydroxylation is 1. The predicted molar refractivity (Wildman–Crippen MR) is 94.2 cm³/mol. The fourth-order valence-electron chi connectivity index (χ4n) is 3.28. The van der Waals surface area contributed by atoms with Crippen LogP contribution in [0.25, 0.3) is 0 Å². The molecule has 0 radical (unpaired) electrons. The zero-order valence-electron chi connectivity index (χ0n) is 13.7. The van der Waals surface area contributed by atoms with Gasteiger partial charge in [-0.25, -0.2) is 0 Å². The van der Waals surface area contributed by atoms with Crippen LogP contribution in [0.2, 0.25) is 0 Å². The van der Waals surface area contributed by atoms with Crippen molar-refractivity contribution in [1.82, 2.24) is 5.32 Å². The first-order valence-corrected chi connectivity index (χ1v) is 9.29. The second-order valence-electron chi connectivity index (χ2n) is 6.61. The van der Waals surface area contributed by atoms with E-state index in [1.807, 2.05) is 24.3 Å². The summed E-state index contributed by atoms with van der Waals surface area (Å²) in [7, 11) is 0. The summed E-state index contributed by atoms with van der Waals surface area (Å²) >= 11 is 1.64. The lowest BCUT2D eigenvalue weighted by molar-refractivity contribution is 0.0791. The van der Waals surface area contributed by atoms with Crippen molar-refractivity contribution < 1.29 is 14.3 Å². The molecule has 2 atom stereocenters. The Balaban J connectivity index is 1.36. The van der Waals surface area contributed by atoms with Gasteiger partial charge in [0.2, 0.25) is 0 Å². The molecule has 1 N–H and O–H groups in total. The number of benzene rings is 1. The van der Waals surface area contributed by atoms with Gasteiger partial charge in [-0.3, -0.25) is 4.79 Å². The van der Waals surface area contributed by atoms with Crippen LogP contribution in [0.1, 0.15) is 33.5 Å². The van der Waals surface area contributed by atoms with E-state index in [1.165, 1.54) is 16.9 Å². The Kier molecular flexibility index (Phi) is 4.19. The number of ether oxygens (including phenoxy) is 2. The van der Waals surface area contributed by atoms with Gasteiger partial charge in [0.1, 0.15) is 12.7 Å². The SMILES string of the molecule is C[C@@H]1CCc2sc(C(=O)NC[C@@H]3COc4ccccc4O3)cc2C1. The lowest BCUT2D eigenvalue weighted by Gasteiger charge is -2.26. The van der Waals surface area contributed by atoms with Crippen molar-refractivity contribution in [2.75, 3.05) is 13.2 Å². The first-order chi connectivity index (χ1) is 11.7. The smallest absolute Gasteiger partial charge is 0.261 e.